The van der Waals surface area contributed by atoms with Crippen molar-refractivity contribution < 1.29 is 14.4 Å². The molecule has 0 unspecified atom stereocenters. The third-order valence-corrected chi connectivity index (χ3v) is 4.08. The molecule has 132 valence electrons. The molecule has 1 heterocycles. The molecular formula is C19H18N4O3. The van der Waals surface area contributed by atoms with E-state index in [4.69, 9.17) is 5.73 Å². The van der Waals surface area contributed by atoms with Gasteiger partial charge in [-0.1, -0.05) is 12.6 Å². The first-order chi connectivity index (χ1) is 12.5. The lowest BCUT2D eigenvalue weighted by Crippen LogP contribution is -2.33. The van der Waals surface area contributed by atoms with Crippen LogP contribution in [0.1, 0.15) is 15.9 Å². The predicted molar refractivity (Wildman–Crippen MR) is 100 cm³/mol. The maximum Gasteiger partial charge on any atom is 0.319 e. The van der Waals surface area contributed by atoms with E-state index in [-0.39, 0.29) is 11.8 Å². The highest BCUT2D eigenvalue weighted by molar-refractivity contribution is 6.06. The van der Waals surface area contributed by atoms with Crippen molar-refractivity contribution in [2.24, 2.45) is 5.73 Å². The van der Waals surface area contributed by atoms with Gasteiger partial charge in [0.25, 0.3) is 5.91 Å². The number of rotatable bonds is 4. The van der Waals surface area contributed by atoms with Crippen LogP contribution in [0.25, 0.3) is 0 Å². The van der Waals surface area contributed by atoms with Gasteiger partial charge in [0.2, 0.25) is 5.91 Å². The largest absolute Gasteiger partial charge is 0.351 e. The lowest BCUT2D eigenvalue weighted by molar-refractivity contribution is -0.111. The molecule has 0 spiro atoms. The summed E-state index contributed by atoms with van der Waals surface area (Å²) in [5.74, 6) is -0.649. The molecular weight excluding hydrogens is 332 g/mol. The van der Waals surface area contributed by atoms with E-state index in [1.165, 1.54) is 4.90 Å². The molecule has 2 aromatic rings. The molecule has 0 fully saturated rings. The highest BCUT2D eigenvalue weighted by atomic mass is 16.2. The Bertz CT molecular complexity index is 907. The summed E-state index contributed by atoms with van der Waals surface area (Å²) in [4.78, 5) is 36.7. The van der Waals surface area contributed by atoms with Crippen LogP contribution in [0.4, 0.5) is 21.9 Å². The van der Waals surface area contributed by atoms with E-state index in [1.54, 1.807) is 36.4 Å². The van der Waals surface area contributed by atoms with Crippen molar-refractivity contribution in [2.75, 3.05) is 22.1 Å². The molecule has 0 saturated heterocycles. The topological polar surface area (TPSA) is 105 Å². The maximum atomic E-state index is 12.5. The van der Waals surface area contributed by atoms with E-state index >= 15 is 0 Å². The molecule has 2 aromatic carbocycles. The van der Waals surface area contributed by atoms with Crippen LogP contribution in [0.5, 0.6) is 0 Å². The number of primary amides is 1. The summed E-state index contributed by atoms with van der Waals surface area (Å²) < 4.78 is 0. The normalized spacial score (nSPS) is 12.2. The second-order valence-electron chi connectivity index (χ2n) is 5.81. The summed E-state index contributed by atoms with van der Waals surface area (Å²) in [6.07, 6.45) is 1.84. The number of urea groups is 1. The number of nitrogens with two attached hydrogens (primary N) is 1. The van der Waals surface area contributed by atoms with Crippen LogP contribution in [0.3, 0.4) is 0 Å². The molecule has 0 atom stereocenters. The molecule has 3 rings (SSSR count). The van der Waals surface area contributed by atoms with Gasteiger partial charge in [-0.3, -0.25) is 14.5 Å². The van der Waals surface area contributed by atoms with Crippen molar-refractivity contribution in [1.82, 2.24) is 0 Å². The summed E-state index contributed by atoms with van der Waals surface area (Å²) in [5.41, 5.74) is 8.61. The summed E-state index contributed by atoms with van der Waals surface area (Å²) in [6.45, 7) is 3.93. The monoisotopic (exact) mass is 350 g/mol. The Morgan fingerprint density at radius 3 is 2.58 bits per heavy atom. The highest BCUT2D eigenvalue weighted by Gasteiger charge is 2.23. The van der Waals surface area contributed by atoms with Gasteiger partial charge in [-0.15, -0.1) is 0 Å². The summed E-state index contributed by atoms with van der Waals surface area (Å²) >= 11 is 0. The number of nitrogens with one attached hydrogen (secondary N) is 2. The van der Waals surface area contributed by atoms with Crippen LogP contribution in [-0.2, 0) is 11.2 Å². The van der Waals surface area contributed by atoms with Crippen molar-refractivity contribution in [3.05, 3.63) is 66.2 Å². The quantitative estimate of drug-likeness (QED) is 0.738. The molecule has 0 bridgehead atoms. The van der Waals surface area contributed by atoms with Gasteiger partial charge in [-0.25, -0.2) is 4.79 Å². The zero-order chi connectivity index (χ0) is 18.7. The third-order valence-electron chi connectivity index (χ3n) is 4.08. The van der Waals surface area contributed by atoms with Crippen molar-refractivity contribution in [3.63, 3.8) is 0 Å². The zero-order valence-corrected chi connectivity index (χ0v) is 14.0. The number of carbonyl (C=O) groups is 3. The number of carbonyl (C=O) groups excluding carboxylic acids is 3. The average molecular weight is 350 g/mol. The van der Waals surface area contributed by atoms with Crippen molar-refractivity contribution >= 4 is 34.9 Å². The molecule has 0 radical (unpaired) electrons. The average Bonchev–Trinajstić information content (AvgIpc) is 3.05. The maximum absolute atomic E-state index is 12.5. The van der Waals surface area contributed by atoms with Crippen molar-refractivity contribution in [3.8, 4) is 0 Å². The summed E-state index contributed by atoms with van der Waals surface area (Å²) in [5, 5.41) is 5.43. The van der Waals surface area contributed by atoms with Gasteiger partial charge in [0.15, 0.2) is 0 Å². The molecule has 0 aliphatic carbocycles. The van der Waals surface area contributed by atoms with E-state index in [2.05, 4.69) is 17.2 Å². The van der Waals surface area contributed by atoms with Gasteiger partial charge in [-0.05, 0) is 54.5 Å². The highest BCUT2D eigenvalue weighted by Crippen LogP contribution is 2.30. The molecule has 1 aliphatic rings. The second kappa shape index (κ2) is 7.10. The van der Waals surface area contributed by atoms with E-state index in [9.17, 15) is 14.4 Å². The molecule has 0 saturated carbocycles. The minimum Gasteiger partial charge on any atom is -0.351 e. The zero-order valence-electron chi connectivity index (χ0n) is 14.0. The SMILES string of the molecule is C=CC(=O)Nc1cccc(C(=O)Nc2ccc3c(c2)CCN3C(N)=O)c1. The Hall–Kier alpha value is -3.61. The van der Waals surface area contributed by atoms with Crippen molar-refractivity contribution in [2.45, 2.75) is 6.42 Å². The second-order valence-corrected chi connectivity index (χ2v) is 5.81. The molecule has 1 aliphatic heterocycles. The molecule has 26 heavy (non-hydrogen) atoms. The van der Waals surface area contributed by atoms with Gasteiger partial charge in [0.1, 0.15) is 0 Å². The van der Waals surface area contributed by atoms with Crippen LogP contribution < -0.4 is 21.3 Å². The van der Waals surface area contributed by atoms with Gasteiger partial charge in [0.05, 0.1) is 0 Å². The standard InChI is InChI=1S/C19H18N4O3/c1-2-17(24)21-14-5-3-4-13(11-14)18(25)22-15-6-7-16-12(10-15)8-9-23(16)19(20)26/h2-7,10-11H,1,8-9H2,(H2,20,26)(H,21,24)(H,22,25). The van der Waals surface area contributed by atoms with E-state index < -0.39 is 6.03 Å². The van der Waals surface area contributed by atoms with Crippen LogP contribution in [0, 0.1) is 0 Å². The van der Waals surface area contributed by atoms with Gasteiger partial charge >= 0.3 is 6.03 Å². The first-order valence-corrected chi connectivity index (χ1v) is 8.02. The van der Waals surface area contributed by atoms with Crippen molar-refractivity contribution in [1.29, 1.82) is 0 Å². The summed E-state index contributed by atoms with van der Waals surface area (Å²) in [6, 6.07) is 11.4. The van der Waals surface area contributed by atoms with Crippen LogP contribution in [0.15, 0.2) is 55.1 Å². The number of benzene rings is 2. The fraction of sp³-hybridized carbons (Fsp3) is 0.105. The minimum absolute atomic E-state index is 0.301. The van der Waals surface area contributed by atoms with E-state index in [0.717, 1.165) is 17.3 Å². The van der Waals surface area contributed by atoms with E-state index in [1.807, 2.05) is 6.07 Å². The fourth-order valence-electron chi connectivity index (χ4n) is 2.84. The number of nitrogens with zero attached hydrogens (tertiary/aromatic N) is 1. The molecule has 4 N–H and O–H groups in total. The number of amides is 4. The van der Waals surface area contributed by atoms with Crippen LogP contribution in [0.2, 0.25) is 0 Å². The lowest BCUT2D eigenvalue weighted by Gasteiger charge is -2.14. The predicted octanol–water partition coefficient (Wildman–Crippen LogP) is 2.50. The number of anilines is 3. The number of fused-ring (bicyclic) bond motifs is 1. The van der Waals surface area contributed by atoms with E-state index in [0.29, 0.717) is 29.9 Å². The third kappa shape index (κ3) is 3.56. The first-order valence-electron chi connectivity index (χ1n) is 8.02. The molecule has 7 heteroatoms. The Labute approximate surface area is 150 Å². The number of hydrogen-bond donors (Lipinski definition) is 3. The van der Waals surface area contributed by atoms with Gasteiger partial charge in [-0.2, -0.15) is 0 Å². The first kappa shape index (κ1) is 17.2. The Balaban J connectivity index is 1.75. The number of hydrogen-bond acceptors (Lipinski definition) is 3. The van der Waals surface area contributed by atoms with Gasteiger partial charge in [0, 0.05) is 29.2 Å². The smallest absolute Gasteiger partial charge is 0.319 e. The molecule has 0 aromatic heterocycles. The Morgan fingerprint density at radius 2 is 1.85 bits per heavy atom. The molecule has 4 amide bonds. The van der Waals surface area contributed by atoms with Crippen LogP contribution >= 0.6 is 0 Å². The van der Waals surface area contributed by atoms with Crippen LogP contribution in [-0.4, -0.2) is 24.4 Å². The molecule has 7 nitrogen and oxygen atoms in total. The Morgan fingerprint density at radius 1 is 1.08 bits per heavy atom. The minimum atomic E-state index is -0.487. The lowest BCUT2D eigenvalue weighted by atomic mass is 10.1. The van der Waals surface area contributed by atoms with Gasteiger partial charge < -0.3 is 16.4 Å². The fourth-order valence-corrected chi connectivity index (χ4v) is 2.84. The Kier molecular flexibility index (Phi) is 4.70. The summed E-state index contributed by atoms with van der Waals surface area (Å²) in [7, 11) is 0.